The number of nitrogens with one attached hydrogen (secondary N) is 1. The summed E-state index contributed by atoms with van der Waals surface area (Å²) >= 11 is 0. The van der Waals surface area contributed by atoms with Crippen molar-refractivity contribution in [1.29, 1.82) is 0 Å². The van der Waals surface area contributed by atoms with Gasteiger partial charge in [0.15, 0.2) is 0 Å². The van der Waals surface area contributed by atoms with Crippen molar-refractivity contribution in [3.05, 3.63) is 41.7 Å². The number of hydrogen-bond donors (Lipinski definition) is 1. The normalized spacial score (nSPS) is 14.0. The van der Waals surface area contributed by atoms with Crippen LogP contribution in [-0.2, 0) is 16.1 Å². The summed E-state index contributed by atoms with van der Waals surface area (Å²) in [6.07, 6.45) is 10.2. The molecule has 0 saturated heterocycles. The van der Waals surface area contributed by atoms with Gasteiger partial charge in [-0.25, -0.2) is 0 Å². The standard InChI is InChI=1S/C19H27N3O2/c1-16(23)22(15-18-9-5-6-12-20-18)14-11-19(24)21-13-10-17-7-3-2-4-8-17/h5-7,9,12H,2-4,8,10-11,13-15H2,1H3,(H,21,24). The maximum atomic E-state index is 12.0. The topological polar surface area (TPSA) is 62.3 Å². The zero-order chi connectivity index (χ0) is 17.2. The molecule has 1 aliphatic carbocycles. The summed E-state index contributed by atoms with van der Waals surface area (Å²) in [7, 11) is 0. The van der Waals surface area contributed by atoms with Gasteiger partial charge < -0.3 is 10.2 Å². The highest BCUT2D eigenvalue weighted by Crippen LogP contribution is 2.19. The second kappa shape index (κ2) is 9.85. The summed E-state index contributed by atoms with van der Waals surface area (Å²) in [5.41, 5.74) is 2.29. The molecule has 0 fully saturated rings. The van der Waals surface area contributed by atoms with E-state index in [1.807, 2.05) is 18.2 Å². The monoisotopic (exact) mass is 329 g/mol. The number of rotatable bonds is 8. The van der Waals surface area contributed by atoms with Gasteiger partial charge in [-0.2, -0.15) is 0 Å². The van der Waals surface area contributed by atoms with Crippen molar-refractivity contribution in [1.82, 2.24) is 15.2 Å². The van der Waals surface area contributed by atoms with Gasteiger partial charge >= 0.3 is 0 Å². The third-order valence-corrected chi connectivity index (χ3v) is 4.29. The van der Waals surface area contributed by atoms with Gasteiger partial charge in [0.1, 0.15) is 0 Å². The smallest absolute Gasteiger partial charge is 0.221 e. The van der Waals surface area contributed by atoms with E-state index in [0.717, 1.165) is 18.5 Å². The van der Waals surface area contributed by atoms with Crippen molar-refractivity contribution < 1.29 is 9.59 Å². The van der Waals surface area contributed by atoms with Crippen LogP contribution < -0.4 is 5.32 Å². The van der Waals surface area contributed by atoms with E-state index in [1.165, 1.54) is 31.8 Å². The molecule has 5 heteroatoms. The van der Waals surface area contributed by atoms with Crippen LogP contribution in [0.4, 0.5) is 0 Å². The molecule has 1 N–H and O–H groups in total. The van der Waals surface area contributed by atoms with Gasteiger partial charge in [0, 0.05) is 32.6 Å². The minimum Gasteiger partial charge on any atom is -0.356 e. The molecule has 2 rings (SSSR count). The van der Waals surface area contributed by atoms with Gasteiger partial charge in [-0.15, -0.1) is 0 Å². The molecule has 0 aromatic carbocycles. The van der Waals surface area contributed by atoms with Gasteiger partial charge in [0.05, 0.1) is 12.2 Å². The van der Waals surface area contributed by atoms with Gasteiger partial charge in [0.2, 0.25) is 11.8 Å². The maximum Gasteiger partial charge on any atom is 0.221 e. The Morgan fingerprint density at radius 3 is 2.83 bits per heavy atom. The first-order valence-electron chi connectivity index (χ1n) is 8.75. The van der Waals surface area contributed by atoms with E-state index in [1.54, 1.807) is 11.1 Å². The lowest BCUT2D eigenvalue weighted by Crippen LogP contribution is -2.34. The van der Waals surface area contributed by atoms with Gasteiger partial charge in [-0.05, 0) is 44.2 Å². The van der Waals surface area contributed by atoms with E-state index >= 15 is 0 Å². The molecule has 130 valence electrons. The molecule has 24 heavy (non-hydrogen) atoms. The number of amides is 2. The van der Waals surface area contributed by atoms with Crippen LogP contribution in [0.2, 0.25) is 0 Å². The Balaban J connectivity index is 1.70. The fourth-order valence-corrected chi connectivity index (χ4v) is 2.85. The lowest BCUT2D eigenvalue weighted by molar-refractivity contribution is -0.130. The van der Waals surface area contributed by atoms with E-state index in [9.17, 15) is 9.59 Å². The van der Waals surface area contributed by atoms with Crippen LogP contribution in [0.1, 0.15) is 51.1 Å². The van der Waals surface area contributed by atoms with Crippen LogP contribution in [0, 0.1) is 0 Å². The van der Waals surface area contributed by atoms with Gasteiger partial charge in [-0.1, -0.05) is 17.7 Å². The Morgan fingerprint density at radius 2 is 2.17 bits per heavy atom. The molecule has 0 bridgehead atoms. The predicted molar refractivity (Wildman–Crippen MR) is 94.1 cm³/mol. The van der Waals surface area contributed by atoms with Crippen molar-refractivity contribution in [2.45, 2.75) is 52.0 Å². The highest BCUT2D eigenvalue weighted by Gasteiger charge is 2.12. The van der Waals surface area contributed by atoms with E-state index in [-0.39, 0.29) is 11.8 Å². The average Bonchev–Trinajstić information content (AvgIpc) is 2.60. The average molecular weight is 329 g/mol. The van der Waals surface area contributed by atoms with E-state index in [4.69, 9.17) is 0 Å². The van der Waals surface area contributed by atoms with Crippen molar-refractivity contribution in [2.75, 3.05) is 13.1 Å². The van der Waals surface area contributed by atoms with Crippen molar-refractivity contribution in [3.63, 3.8) is 0 Å². The largest absolute Gasteiger partial charge is 0.356 e. The second-order valence-electron chi connectivity index (χ2n) is 6.22. The highest BCUT2D eigenvalue weighted by atomic mass is 16.2. The van der Waals surface area contributed by atoms with E-state index < -0.39 is 0 Å². The number of allylic oxidation sites excluding steroid dienone is 1. The Morgan fingerprint density at radius 1 is 1.29 bits per heavy atom. The number of nitrogens with zero attached hydrogens (tertiary/aromatic N) is 2. The van der Waals surface area contributed by atoms with Crippen molar-refractivity contribution in [2.24, 2.45) is 0 Å². The zero-order valence-electron chi connectivity index (χ0n) is 14.5. The molecule has 0 spiro atoms. The molecule has 0 aliphatic heterocycles. The number of pyridine rings is 1. The summed E-state index contributed by atoms with van der Waals surface area (Å²) in [4.78, 5) is 29.6. The molecule has 1 aliphatic rings. The molecule has 0 radical (unpaired) electrons. The third-order valence-electron chi connectivity index (χ3n) is 4.29. The van der Waals surface area contributed by atoms with Gasteiger partial charge in [0.25, 0.3) is 0 Å². The minimum absolute atomic E-state index is 0.00122. The number of aromatic nitrogens is 1. The van der Waals surface area contributed by atoms with Gasteiger partial charge in [-0.3, -0.25) is 14.6 Å². The Bertz CT molecular complexity index is 569. The van der Waals surface area contributed by atoms with Crippen LogP contribution in [-0.4, -0.2) is 34.8 Å². The fraction of sp³-hybridized carbons (Fsp3) is 0.526. The number of carbonyl (C=O) groups excluding carboxylic acids is 2. The third kappa shape index (κ3) is 6.52. The summed E-state index contributed by atoms with van der Waals surface area (Å²) in [6, 6.07) is 5.62. The molecule has 0 unspecified atom stereocenters. The molecule has 0 atom stereocenters. The molecule has 5 nitrogen and oxygen atoms in total. The van der Waals surface area contributed by atoms with Crippen LogP contribution >= 0.6 is 0 Å². The molecule has 1 aromatic heterocycles. The highest BCUT2D eigenvalue weighted by molar-refractivity contribution is 5.78. The minimum atomic E-state index is -0.0409. The summed E-state index contributed by atoms with van der Waals surface area (Å²) in [5.74, 6) is -0.0421. The quantitative estimate of drug-likeness (QED) is 0.746. The molecule has 2 amide bonds. The molecule has 1 heterocycles. The maximum absolute atomic E-state index is 12.0. The first kappa shape index (κ1) is 18.2. The number of carbonyl (C=O) groups is 2. The molecule has 0 saturated carbocycles. The lowest BCUT2D eigenvalue weighted by atomic mass is 9.97. The van der Waals surface area contributed by atoms with Crippen molar-refractivity contribution >= 4 is 11.8 Å². The van der Waals surface area contributed by atoms with Crippen LogP contribution in [0.3, 0.4) is 0 Å². The van der Waals surface area contributed by atoms with Crippen molar-refractivity contribution in [3.8, 4) is 0 Å². The van der Waals surface area contributed by atoms with Crippen LogP contribution in [0.15, 0.2) is 36.0 Å². The molecular formula is C19H27N3O2. The first-order chi connectivity index (χ1) is 11.6. The van der Waals surface area contributed by atoms with Crippen LogP contribution in [0.5, 0.6) is 0 Å². The predicted octanol–water partition coefficient (Wildman–Crippen LogP) is 2.83. The molecular weight excluding hydrogens is 302 g/mol. The number of hydrogen-bond acceptors (Lipinski definition) is 3. The van der Waals surface area contributed by atoms with E-state index in [2.05, 4.69) is 16.4 Å². The van der Waals surface area contributed by atoms with Crippen LogP contribution in [0.25, 0.3) is 0 Å². The Hall–Kier alpha value is -2.17. The van der Waals surface area contributed by atoms with E-state index in [0.29, 0.717) is 26.1 Å². The Labute approximate surface area is 144 Å². The lowest BCUT2D eigenvalue weighted by Gasteiger charge is -2.20. The summed E-state index contributed by atoms with van der Waals surface area (Å²) in [5, 5.41) is 2.95. The zero-order valence-corrected chi connectivity index (χ0v) is 14.5. The fourth-order valence-electron chi connectivity index (χ4n) is 2.85. The second-order valence-corrected chi connectivity index (χ2v) is 6.22. The SMILES string of the molecule is CC(=O)N(CCC(=O)NCCC1=CCCCC1)Cc1ccccn1. The summed E-state index contributed by atoms with van der Waals surface area (Å²) in [6.45, 7) is 3.07. The molecule has 1 aromatic rings. The first-order valence-corrected chi connectivity index (χ1v) is 8.75. The Kier molecular flexibility index (Phi) is 7.46. The summed E-state index contributed by atoms with van der Waals surface area (Å²) < 4.78 is 0.